The van der Waals surface area contributed by atoms with Gasteiger partial charge in [0.1, 0.15) is 5.82 Å². The van der Waals surface area contributed by atoms with E-state index in [1.54, 1.807) is 37.1 Å². The first-order chi connectivity index (χ1) is 14.5. The molecule has 1 saturated heterocycles. The summed E-state index contributed by atoms with van der Waals surface area (Å²) in [6, 6.07) is 3.42. The molecule has 2 aromatic heterocycles. The molecule has 2 aromatic rings. The second kappa shape index (κ2) is 8.86. The molecule has 0 bridgehead atoms. The van der Waals surface area contributed by atoms with Crippen LogP contribution in [-0.2, 0) is 0 Å². The predicted molar refractivity (Wildman–Crippen MR) is 118 cm³/mol. The molecule has 10 heteroatoms. The zero-order valence-corrected chi connectivity index (χ0v) is 19.3. The van der Waals surface area contributed by atoms with E-state index in [-0.39, 0.29) is 31.5 Å². The third-order valence-corrected chi connectivity index (χ3v) is 7.00. The monoisotopic (exact) mass is 472 g/mol. The Morgan fingerprint density at radius 1 is 1.29 bits per heavy atom. The molecule has 1 amide bonds. The summed E-state index contributed by atoms with van der Waals surface area (Å²) in [6.45, 7) is 4.98. The molecule has 0 aliphatic carbocycles. The van der Waals surface area contributed by atoms with Crippen LogP contribution in [0.4, 0.5) is 24.7 Å². The summed E-state index contributed by atoms with van der Waals surface area (Å²) in [5.41, 5.74) is 0.171. The number of halogens is 4. The second-order valence-electron chi connectivity index (χ2n) is 7.92. The number of carbonyl (C=O) groups excluding carboxylic acids is 1. The van der Waals surface area contributed by atoms with Crippen molar-refractivity contribution >= 4 is 40.8 Å². The van der Waals surface area contributed by atoms with Crippen LogP contribution in [0.25, 0.3) is 0 Å². The van der Waals surface area contributed by atoms with Gasteiger partial charge in [0.2, 0.25) is 0 Å². The summed E-state index contributed by atoms with van der Waals surface area (Å²) < 4.78 is 40.3. The Morgan fingerprint density at radius 2 is 1.94 bits per heavy atom. The summed E-state index contributed by atoms with van der Waals surface area (Å²) in [5, 5.41) is 3.96. The number of hydrogen-bond acceptors (Lipinski definition) is 5. The summed E-state index contributed by atoms with van der Waals surface area (Å²) >= 11 is 7.82. The number of thioether (sulfide) groups is 1. The van der Waals surface area contributed by atoms with Gasteiger partial charge in [-0.1, -0.05) is 18.5 Å². The maximum atomic E-state index is 13.4. The normalized spacial score (nSPS) is 16.3. The van der Waals surface area contributed by atoms with Gasteiger partial charge in [-0.3, -0.25) is 4.79 Å². The number of pyridine rings is 2. The van der Waals surface area contributed by atoms with Crippen molar-refractivity contribution in [1.82, 2.24) is 9.97 Å². The molecule has 3 heterocycles. The van der Waals surface area contributed by atoms with Crippen LogP contribution in [0.1, 0.15) is 41.4 Å². The molecule has 0 radical (unpaired) electrons. The van der Waals surface area contributed by atoms with Gasteiger partial charge in [0.15, 0.2) is 0 Å². The van der Waals surface area contributed by atoms with Gasteiger partial charge in [-0.15, -0.1) is 11.8 Å². The number of rotatable bonds is 4. The number of amides is 1. The summed E-state index contributed by atoms with van der Waals surface area (Å²) in [5.74, 6) is -0.0513. The van der Waals surface area contributed by atoms with Crippen LogP contribution in [0.15, 0.2) is 23.4 Å². The van der Waals surface area contributed by atoms with Crippen LogP contribution in [0.5, 0.6) is 0 Å². The number of aromatic nitrogens is 2. The Bertz CT molecular complexity index is 991. The molecule has 0 atom stereocenters. The molecule has 0 spiro atoms. The van der Waals surface area contributed by atoms with Gasteiger partial charge in [0.05, 0.1) is 26.7 Å². The number of alkyl halides is 3. The number of carbonyl (C=O) groups is 1. The van der Waals surface area contributed by atoms with E-state index < -0.39 is 17.5 Å². The van der Waals surface area contributed by atoms with Gasteiger partial charge in [-0.2, -0.15) is 13.2 Å². The summed E-state index contributed by atoms with van der Waals surface area (Å²) in [6.07, 6.45) is -0.930. The number of piperidine rings is 1. The number of aryl methyl sites for hydroxylation is 1. The SMILES string of the molecule is CSc1cc(NC(=O)c2c(N3CCC(C)(C(F)(F)F)CC3)nc(C)c(Cl)c2C)ccn1. The van der Waals surface area contributed by atoms with Crippen LogP contribution in [0.3, 0.4) is 0 Å². The zero-order chi connectivity index (χ0) is 23.0. The second-order valence-corrected chi connectivity index (χ2v) is 9.13. The van der Waals surface area contributed by atoms with E-state index in [1.807, 2.05) is 6.26 Å². The van der Waals surface area contributed by atoms with Gasteiger partial charge in [0, 0.05) is 25.0 Å². The zero-order valence-electron chi connectivity index (χ0n) is 17.7. The summed E-state index contributed by atoms with van der Waals surface area (Å²) in [4.78, 5) is 23.6. The Kier molecular flexibility index (Phi) is 6.76. The lowest BCUT2D eigenvalue weighted by atomic mass is 9.79. The lowest BCUT2D eigenvalue weighted by molar-refractivity contribution is -0.224. The van der Waals surface area contributed by atoms with Crippen molar-refractivity contribution < 1.29 is 18.0 Å². The molecule has 31 heavy (non-hydrogen) atoms. The molecule has 0 saturated carbocycles. The van der Waals surface area contributed by atoms with Gasteiger partial charge in [-0.25, -0.2) is 9.97 Å². The van der Waals surface area contributed by atoms with Crippen molar-refractivity contribution in [2.24, 2.45) is 5.41 Å². The average Bonchev–Trinajstić information content (AvgIpc) is 2.71. The predicted octanol–water partition coefficient (Wildman–Crippen LogP) is 5.89. The first-order valence-electron chi connectivity index (χ1n) is 9.76. The molecule has 0 unspecified atom stereocenters. The van der Waals surface area contributed by atoms with E-state index in [1.165, 1.54) is 18.7 Å². The third kappa shape index (κ3) is 4.77. The molecule has 168 valence electrons. The minimum Gasteiger partial charge on any atom is -0.356 e. The van der Waals surface area contributed by atoms with Crippen LogP contribution in [0, 0.1) is 19.3 Å². The molecule has 1 N–H and O–H groups in total. The van der Waals surface area contributed by atoms with Crippen molar-refractivity contribution in [1.29, 1.82) is 0 Å². The number of anilines is 2. The molecule has 0 aromatic carbocycles. The van der Waals surface area contributed by atoms with Crippen LogP contribution >= 0.6 is 23.4 Å². The lowest BCUT2D eigenvalue weighted by Crippen LogP contribution is -2.47. The first kappa shape index (κ1) is 23.7. The maximum absolute atomic E-state index is 13.4. The number of hydrogen-bond donors (Lipinski definition) is 1. The quantitative estimate of drug-likeness (QED) is 0.562. The fraction of sp³-hybridized carbons (Fsp3) is 0.476. The van der Waals surface area contributed by atoms with Gasteiger partial charge in [-0.05, 0) is 50.6 Å². The van der Waals surface area contributed by atoms with Crippen molar-refractivity contribution in [2.45, 2.75) is 44.8 Å². The summed E-state index contributed by atoms with van der Waals surface area (Å²) in [7, 11) is 0. The van der Waals surface area contributed by atoms with E-state index in [0.29, 0.717) is 27.8 Å². The van der Waals surface area contributed by atoms with E-state index in [9.17, 15) is 18.0 Å². The molecular formula is C21H24ClF3N4OS. The van der Waals surface area contributed by atoms with E-state index >= 15 is 0 Å². The lowest BCUT2D eigenvalue weighted by Gasteiger charge is -2.41. The van der Waals surface area contributed by atoms with E-state index in [4.69, 9.17) is 11.6 Å². The van der Waals surface area contributed by atoms with Gasteiger partial charge < -0.3 is 10.2 Å². The fourth-order valence-corrected chi connectivity index (χ4v) is 4.15. The fourth-order valence-electron chi connectivity index (χ4n) is 3.60. The van der Waals surface area contributed by atoms with Crippen LogP contribution in [0.2, 0.25) is 5.02 Å². The molecule has 5 nitrogen and oxygen atoms in total. The van der Waals surface area contributed by atoms with Crippen molar-refractivity contribution in [3.05, 3.63) is 40.2 Å². The van der Waals surface area contributed by atoms with E-state index in [0.717, 1.165) is 5.03 Å². The minimum absolute atomic E-state index is 0.0681. The Labute approximate surface area is 188 Å². The Hall–Kier alpha value is -2.00. The van der Waals surface area contributed by atoms with Crippen molar-refractivity contribution in [3.63, 3.8) is 0 Å². The van der Waals surface area contributed by atoms with Gasteiger partial charge in [0.25, 0.3) is 5.91 Å². The molecule has 1 aliphatic rings. The standard InChI is InChI=1S/C21H24ClF3N4OS/c1-12-16(19(30)28-14-5-8-26-15(11-14)31-4)18(27-13(2)17(12)22)29-9-6-20(3,7-10-29)21(23,24)25/h5,8,11H,6-7,9-10H2,1-4H3,(H,26,28,30). The van der Waals surface area contributed by atoms with E-state index in [2.05, 4.69) is 15.3 Å². The highest BCUT2D eigenvalue weighted by molar-refractivity contribution is 7.98. The maximum Gasteiger partial charge on any atom is 0.394 e. The molecular weight excluding hydrogens is 449 g/mol. The van der Waals surface area contributed by atoms with Crippen molar-refractivity contribution in [2.75, 3.05) is 29.6 Å². The topological polar surface area (TPSA) is 58.1 Å². The third-order valence-electron chi connectivity index (χ3n) is 5.80. The van der Waals surface area contributed by atoms with Crippen LogP contribution in [-0.4, -0.2) is 41.4 Å². The van der Waals surface area contributed by atoms with Crippen molar-refractivity contribution in [3.8, 4) is 0 Å². The first-order valence-corrected chi connectivity index (χ1v) is 11.4. The number of nitrogens with one attached hydrogen (secondary N) is 1. The Morgan fingerprint density at radius 3 is 2.52 bits per heavy atom. The average molecular weight is 473 g/mol. The molecule has 3 rings (SSSR count). The molecule has 1 aliphatic heterocycles. The number of nitrogens with zero attached hydrogens (tertiary/aromatic N) is 3. The smallest absolute Gasteiger partial charge is 0.356 e. The van der Waals surface area contributed by atoms with Crippen LogP contribution < -0.4 is 10.2 Å². The highest BCUT2D eigenvalue weighted by Gasteiger charge is 2.52. The highest BCUT2D eigenvalue weighted by atomic mass is 35.5. The minimum atomic E-state index is -4.27. The Balaban J connectivity index is 1.94. The molecule has 1 fully saturated rings. The largest absolute Gasteiger partial charge is 0.394 e. The highest BCUT2D eigenvalue weighted by Crippen LogP contribution is 2.46. The van der Waals surface area contributed by atoms with Gasteiger partial charge >= 0.3 is 6.18 Å².